The largest absolute Gasteiger partial charge is 0.313 e. The highest BCUT2D eigenvalue weighted by molar-refractivity contribution is 9.10. The number of hydrogen-bond donors (Lipinski definition) is 1. The second kappa shape index (κ2) is 7.30. The van der Waals surface area contributed by atoms with Gasteiger partial charge in [0.1, 0.15) is 0 Å². The Morgan fingerprint density at radius 1 is 1.20 bits per heavy atom. The van der Waals surface area contributed by atoms with Gasteiger partial charge >= 0.3 is 0 Å². The van der Waals surface area contributed by atoms with E-state index in [-0.39, 0.29) is 0 Å². The van der Waals surface area contributed by atoms with E-state index >= 15 is 0 Å². The first-order chi connectivity index (χ1) is 9.60. The zero-order chi connectivity index (χ0) is 14.5. The molecule has 1 atom stereocenters. The number of hydrogen-bond acceptors (Lipinski definition) is 2. The van der Waals surface area contributed by atoms with Gasteiger partial charge in [0.15, 0.2) is 0 Å². The molecule has 0 saturated carbocycles. The van der Waals surface area contributed by atoms with Crippen LogP contribution in [0.3, 0.4) is 0 Å². The van der Waals surface area contributed by atoms with E-state index < -0.39 is 0 Å². The van der Waals surface area contributed by atoms with Gasteiger partial charge in [-0.2, -0.15) is 0 Å². The van der Waals surface area contributed by atoms with Crippen molar-refractivity contribution in [3.8, 4) is 0 Å². The predicted molar refractivity (Wildman–Crippen MR) is 92.4 cm³/mol. The van der Waals surface area contributed by atoms with Gasteiger partial charge in [0.2, 0.25) is 0 Å². The fourth-order valence-electron chi connectivity index (χ4n) is 2.07. The Balaban J connectivity index is 2.05. The summed E-state index contributed by atoms with van der Waals surface area (Å²) in [5.41, 5.74) is 3.99. The number of aryl methyl sites for hydroxylation is 1. The molecule has 2 aromatic rings. The average molecular weight is 350 g/mol. The number of thioether (sulfide) groups is 1. The lowest BCUT2D eigenvalue weighted by molar-refractivity contribution is 0.649. The molecule has 0 aliphatic carbocycles. The van der Waals surface area contributed by atoms with Crippen molar-refractivity contribution in [2.24, 2.45) is 0 Å². The molecule has 0 radical (unpaired) electrons. The van der Waals surface area contributed by atoms with E-state index in [1.807, 2.05) is 18.8 Å². The maximum absolute atomic E-state index is 3.67. The normalized spacial score (nSPS) is 12.4. The van der Waals surface area contributed by atoms with Gasteiger partial charge in [0.25, 0.3) is 0 Å². The highest BCUT2D eigenvalue weighted by atomic mass is 79.9. The summed E-state index contributed by atoms with van der Waals surface area (Å²) in [6.45, 7) is 4.30. The van der Waals surface area contributed by atoms with Crippen molar-refractivity contribution >= 4 is 27.7 Å². The van der Waals surface area contributed by atoms with Crippen LogP contribution in [0.4, 0.5) is 0 Å². The molecule has 2 aromatic carbocycles. The molecule has 0 saturated heterocycles. The molecule has 0 bridgehead atoms. The van der Waals surface area contributed by atoms with Crippen LogP contribution >= 0.6 is 27.7 Å². The molecule has 0 aromatic heterocycles. The van der Waals surface area contributed by atoms with Crippen molar-refractivity contribution in [2.75, 3.05) is 7.05 Å². The summed E-state index contributed by atoms with van der Waals surface area (Å²) in [6, 6.07) is 15.7. The van der Waals surface area contributed by atoms with Crippen LogP contribution in [-0.2, 0) is 5.75 Å². The molecule has 20 heavy (non-hydrogen) atoms. The summed E-state index contributed by atoms with van der Waals surface area (Å²) in [7, 11) is 1.98. The van der Waals surface area contributed by atoms with E-state index in [9.17, 15) is 0 Å². The van der Waals surface area contributed by atoms with Crippen molar-refractivity contribution in [1.29, 1.82) is 0 Å². The Morgan fingerprint density at radius 2 is 2.00 bits per heavy atom. The molecular weight excluding hydrogens is 330 g/mol. The Morgan fingerprint density at radius 3 is 2.65 bits per heavy atom. The molecule has 106 valence electrons. The molecule has 0 amide bonds. The topological polar surface area (TPSA) is 12.0 Å². The second-order valence-electron chi connectivity index (χ2n) is 4.97. The molecule has 0 fully saturated rings. The van der Waals surface area contributed by atoms with Crippen molar-refractivity contribution < 1.29 is 0 Å². The minimum atomic E-state index is 0.361. The van der Waals surface area contributed by atoms with E-state index in [0.717, 1.165) is 5.75 Å². The number of nitrogens with one attached hydrogen (secondary N) is 1. The van der Waals surface area contributed by atoms with Gasteiger partial charge in [0.05, 0.1) is 0 Å². The maximum atomic E-state index is 3.67. The fraction of sp³-hybridized carbons (Fsp3) is 0.294. The minimum Gasteiger partial charge on any atom is -0.313 e. The lowest BCUT2D eigenvalue weighted by Crippen LogP contribution is -2.12. The van der Waals surface area contributed by atoms with E-state index in [2.05, 4.69) is 77.6 Å². The van der Waals surface area contributed by atoms with E-state index in [1.54, 1.807) is 0 Å². The van der Waals surface area contributed by atoms with Gasteiger partial charge in [-0.15, -0.1) is 11.8 Å². The van der Waals surface area contributed by atoms with Gasteiger partial charge in [-0.3, -0.25) is 0 Å². The Labute approximate surface area is 134 Å². The third kappa shape index (κ3) is 4.11. The molecule has 0 heterocycles. The highest BCUT2D eigenvalue weighted by Gasteiger charge is 2.08. The van der Waals surface area contributed by atoms with E-state index in [1.165, 1.54) is 26.1 Å². The number of rotatable bonds is 5. The van der Waals surface area contributed by atoms with Gasteiger partial charge in [-0.05, 0) is 44.2 Å². The quantitative estimate of drug-likeness (QED) is 0.732. The van der Waals surface area contributed by atoms with Crippen molar-refractivity contribution in [1.82, 2.24) is 5.32 Å². The first-order valence-corrected chi connectivity index (χ1v) is 8.53. The zero-order valence-corrected chi connectivity index (χ0v) is 14.5. The average Bonchev–Trinajstić information content (AvgIpc) is 2.44. The van der Waals surface area contributed by atoms with Crippen molar-refractivity contribution in [2.45, 2.75) is 30.5 Å². The third-order valence-electron chi connectivity index (χ3n) is 3.36. The van der Waals surface area contributed by atoms with Crippen LogP contribution in [0.5, 0.6) is 0 Å². The molecule has 3 heteroatoms. The second-order valence-corrected chi connectivity index (χ2v) is 6.87. The smallest absolute Gasteiger partial charge is 0.0300 e. The molecule has 2 rings (SSSR count). The Bertz CT molecular complexity index is 583. The summed E-state index contributed by atoms with van der Waals surface area (Å²) < 4.78 is 1.17. The molecule has 0 spiro atoms. The fourth-order valence-corrected chi connectivity index (χ4v) is 3.82. The lowest BCUT2D eigenvalue weighted by Gasteiger charge is -2.13. The minimum absolute atomic E-state index is 0.361. The molecule has 0 aliphatic heterocycles. The molecule has 1 N–H and O–H groups in total. The highest BCUT2D eigenvalue weighted by Crippen LogP contribution is 2.30. The summed E-state index contributed by atoms with van der Waals surface area (Å²) in [6.07, 6.45) is 0. The summed E-state index contributed by atoms with van der Waals surface area (Å²) in [4.78, 5) is 1.30. The van der Waals surface area contributed by atoms with Gasteiger partial charge in [0, 0.05) is 21.2 Å². The standard InChI is InChI=1S/C17H20BrNS/c1-12-5-4-6-14(9-12)11-20-15-7-8-16(13(2)19-3)17(18)10-15/h4-10,13,19H,11H2,1-3H3. The van der Waals surface area contributed by atoms with Gasteiger partial charge in [-0.1, -0.05) is 51.8 Å². The van der Waals surface area contributed by atoms with Crippen LogP contribution in [0, 0.1) is 6.92 Å². The van der Waals surface area contributed by atoms with Crippen LogP contribution in [0.2, 0.25) is 0 Å². The van der Waals surface area contributed by atoms with E-state index in [4.69, 9.17) is 0 Å². The molecule has 1 nitrogen and oxygen atoms in total. The zero-order valence-electron chi connectivity index (χ0n) is 12.1. The SMILES string of the molecule is CNC(C)c1ccc(SCc2cccc(C)c2)cc1Br. The third-order valence-corrected chi connectivity index (χ3v) is 5.11. The van der Waals surface area contributed by atoms with E-state index in [0.29, 0.717) is 6.04 Å². The predicted octanol–water partition coefficient (Wildman–Crippen LogP) is 5.33. The summed E-state index contributed by atoms with van der Waals surface area (Å²) in [5.74, 6) is 1.01. The maximum Gasteiger partial charge on any atom is 0.0300 e. The van der Waals surface area contributed by atoms with Crippen LogP contribution in [0.1, 0.15) is 29.7 Å². The Kier molecular flexibility index (Phi) is 5.70. The van der Waals surface area contributed by atoms with Crippen LogP contribution in [0.25, 0.3) is 0 Å². The molecule has 0 aliphatic rings. The Hall–Kier alpha value is -0.770. The van der Waals surface area contributed by atoms with Crippen molar-refractivity contribution in [3.05, 3.63) is 63.6 Å². The first-order valence-electron chi connectivity index (χ1n) is 6.75. The molecule has 1 unspecified atom stereocenters. The van der Waals surface area contributed by atoms with Gasteiger partial charge in [-0.25, -0.2) is 0 Å². The number of halogens is 1. The molecular formula is C17H20BrNS. The monoisotopic (exact) mass is 349 g/mol. The van der Waals surface area contributed by atoms with Crippen LogP contribution in [-0.4, -0.2) is 7.05 Å². The summed E-state index contributed by atoms with van der Waals surface area (Å²) in [5, 5.41) is 3.27. The van der Waals surface area contributed by atoms with Crippen LogP contribution < -0.4 is 5.32 Å². The number of benzene rings is 2. The first kappa shape index (κ1) is 15.6. The van der Waals surface area contributed by atoms with Crippen LogP contribution in [0.15, 0.2) is 51.8 Å². The van der Waals surface area contributed by atoms with Crippen molar-refractivity contribution in [3.63, 3.8) is 0 Å². The lowest BCUT2D eigenvalue weighted by atomic mass is 10.1. The van der Waals surface area contributed by atoms with Gasteiger partial charge < -0.3 is 5.32 Å². The summed E-state index contributed by atoms with van der Waals surface area (Å²) >= 11 is 5.55.